The first-order valence-electron chi connectivity index (χ1n) is 4.23. The van der Waals surface area contributed by atoms with Gasteiger partial charge in [0.25, 0.3) is 0 Å². The molecule has 0 aliphatic heterocycles. The molecule has 0 aliphatic carbocycles. The number of hydrogen-bond donors (Lipinski definition) is 1. The van der Waals surface area contributed by atoms with Gasteiger partial charge >= 0.3 is 0 Å². The number of nitriles is 1. The van der Waals surface area contributed by atoms with Gasteiger partial charge < -0.3 is 5.73 Å². The van der Waals surface area contributed by atoms with E-state index in [4.69, 9.17) is 22.6 Å². The van der Waals surface area contributed by atoms with E-state index in [0.29, 0.717) is 23.8 Å². The molecule has 2 N–H and O–H groups in total. The lowest BCUT2D eigenvalue weighted by Gasteiger charge is -2.14. The summed E-state index contributed by atoms with van der Waals surface area (Å²) in [6.45, 7) is 1.02. The number of nitrogen functional groups attached to an aromatic ring is 1. The van der Waals surface area contributed by atoms with E-state index in [1.165, 1.54) is 0 Å². The molecule has 74 valence electrons. The van der Waals surface area contributed by atoms with Crippen molar-refractivity contribution in [2.45, 2.75) is 6.54 Å². The zero-order valence-electron chi connectivity index (χ0n) is 8.00. The Morgan fingerprint density at radius 3 is 2.93 bits per heavy atom. The average molecular weight is 210 g/mol. The van der Waals surface area contributed by atoms with Crippen molar-refractivity contribution >= 4 is 17.3 Å². The lowest BCUT2D eigenvalue weighted by atomic mass is 10.1. The molecule has 0 atom stereocenters. The summed E-state index contributed by atoms with van der Waals surface area (Å²) in [5.74, 6) is 0. The van der Waals surface area contributed by atoms with Gasteiger partial charge in [0.15, 0.2) is 0 Å². The molecule has 0 radical (unpaired) electrons. The molecule has 0 unspecified atom stereocenters. The molecule has 0 saturated carbocycles. The standard InChI is InChI=1S/C10H12ClN3/c1-14(6-5-12)7-8-3-2-4-9(11)10(8)13/h2-4H,6-7,13H2,1H3. The van der Waals surface area contributed by atoms with Crippen molar-refractivity contribution in [3.05, 3.63) is 28.8 Å². The van der Waals surface area contributed by atoms with Crippen LogP contribution in [0.5, 0.6) is 0 Å². The molecule has 0 saturated heterocycles. The number of hydrogen-bond acceptors (Lipinski definition) is 3. The molecule has 1 aromatic carbocycles. The second-order valence-corrected chi connectivity index (χ2v) is 3.55. The SMILES string of the molecule is CN(CC#N)Cc1cccc(Cl)c1N. The number of rotatable bonds is 3. The second-order valence-electron chi connectivity index (χ2n) is 3.14. The van der Waals surface area contributed by atoms with Crippen LogP contribution in [0.2, 0.25) is 5.02 Å². The van der Waals surface area contributed by atoms with Gasteiger partial charge in [0.05, 0.1) is 23.3 Å². The molecule has 4 heteroatoms. The molecule has 0 fully saturated rings. The first-order valence-corrected chi connectivity index (χ1v) is 4.61. The van der Waals surface area contributed by atoms with E-state index in [0.717, 1.165) is 5.56 Å². The molecular formula is C10H12ClN3. The Labute approximate surface area is 88.7 Å². The van der Waals surface area contributed by atoms with Crippen molar-refractivity contribution in [1.29, 1.82) is 5.26 Å². The van der Waals surface area contributed by atoms with Crippen LogP contribution in [0.25, 0.3) is 0 Å². The van der Waals surface area contributed by atoms with E-state index in [2.05, 4.69) is 6.07 Å². The highest BCUT2D eigenvalue weighted by molar-refractivity contribution is 6.33. The minimum Gasteiger partial charge on any atom is -0.397 e. The van der Waals surface area contributed by atoms with Gasteiger partial charge in [-0.1, -0.05) is 23.7 Å². The maximum Gasteiger partial charge on any atom is 0.0866 e. The molecular weight excluding hydrogens is 198 g/mol. The number of para-hydroxylation sites is 1. The van der Waals surface area contributed by atoms with E-state index >= 15 is 0 Å². The Morgan fingerprint density at radius 1 is 1.57 bits per heavy atom. The molecule has 0 aliphatic rings. The summed E-state index contributed by atoms with van der Waals surface area (Å²) < 4.78 is 0. The Morgan fingerprint density at radius 2 is 2.29 bits per heavy atom. The summed E-state index contributed by atoms with van der Waals surface area (Å²) >= 11 is 5.87. The van der Waals surface area contributed by atoms with Crippen LogP contribution in [-0.4, -0.2) is 18.5 Å². The predicted octanol–water partition coefficient (Wildman–Crippen LogP) is 1.88. The number of nitrogens with zero attached hydrogens (tertiary/aromatic N) is 2. The molecule has 0 heterocycles. The number of anilines is 1. The maximum absolute atomic E-state index is 8.49. The van der Waals surface area contributed by atoms with Crippen molar-refractivity contribution in [3.8, 4) is 6.07 Å². The quantitative estimate of drug-likeness (QED) is 0.611. The molecule has 3 nitrogen and oxygen atoms in total. The van der Waals surface area contributed by atoms with Crippen molar-refractivity contribution in [2.75, 3.05) is 19.3 Å². The summed E-state index contributed by atoms with van der Waals surface area (Å²) in [6, 6.07) is 7.60. The van der Waals surface area contributed by atoms with Gasteiger partial charge in [0.2, 0.25) is 0 Å². The lowest BCUT2D eigenvalue weighted by molar-refractivity contribution is 0.368. The van der Waals surface area contributed by atoms with E-state index in [1.807, 2.05) is 24.1 Å². The average Bonchev–Trinajstić information content (AvgIpc) is 2.13. The Balaban J connectivity index is 2.77. The Kier molecular flexibility index (Phi) is 3.75. The van der Waals surface area contributed by atoms with Crippen molar-refractivity contribution in [1.82, 2.24) is 4.90 Å². The molecule has 0 bridgehead atoms. The number of nitrogens with two attached hydrogens (primary N) is 1. The van der Waals surface area contributed by atoms with Gasteiger partial charge in [0, 0.05) is 6.54 Å². The third kappa shape index (κ3) is 2.63. The summed E-state index contributed by atoms with van der Waals surface area (Å²) in [6.07, 6.45) is 0. The monoisotopic (exact) mass is 209 g/mol. The Hall–Kier alpha value is -1.24. The first-order chi connectivity index (χ1) is 6.65. The molecule has 1 aromatic rings. The number of halogens is 1. The van der Waals surface area contributed by atoms with Crippen LogP contribution in [0.3, 0.4) is 0 Å². The normalized spacial score (nSPS) is 10.1. The van der Waals surface area contributed by atoms with Crippen molar-refractivity contribution < 1.29 is 0 Å². The van der Waals surface area contributed by atoms with E-state index in [9.17, 15) is 0 Å². The van der Waals surface area contributed by atoms with E-state index in [-0.39, 0.29) is 0 Å². The van der Waals surface area contributed by atoms with Crippen molar-refractivity contribution in [2.24, 2.45) is 0 Å². The minimum atomic E-state index is 0.381. The molecule has 0 aromatic heterocycles. The second kappa shape index (κ2) is 4.85. The third-order valence-electron chi connectivity index (χ3n) is 1.92. The van der Waals surface area contributed by atoms with Crippen LogP contribution in [0.4, 0.5) is 5.69 Å². The van der Waals surface area contributed by atoms with Crippen LogP contribution in [0.15, 0.2) is 18.2 Å². The predicted molar refractivity (Wildman–Crippen MR) is 57.8 cm³/mol. The smallest absolute Gasteiger partial charge is 0.0866 e. The van der Waals surface area contributed by atoms with Crippen LogP contribution in [0.1, 0.15) is 5.56 Å². The highest BCUT2D eigenvalue weighted by Crippen LogP contribution is 2.23. The van der Waals surface area contributed by atoms with Gasteiger partial charge in [-0.3, -0.25) is 4.90 Å². The summed E-state index contributed by atoms with van der Waals surface area (Å²) in [5.41, 5.74) is 7.34. The van der Waals surface area contributed by atoms with Crippen LogP contribution in [-0.2, 0) is 6.54 Å². The molecule has 0 amide bonds. The highest BCUT2D eigenvalue weighted by atomic mass is 35.5. The fraction of sp³-hybridized carbons (Fsp3) is 0.300. The zero-order valence-corrected chi connectivity index (χ0v) is 8.75. The minimum absolute atomic E-state index is 0.381. The van der Waals surface area contributed by atoms with Gasteiger partial charge in [-0.25, -0.2) is 0 Å². The summed E-state index contributed by atoms with van der Waals surface area (Å²) in [4.78, 5) is 1.88. The van der Waals surface area contributed by atoms with Gasteiger partial charge in [0.1, 0.15) is 0 Å². The molecule has 14 heavy (non-hydrogen) atoms. The van der Waals surface area contributed by atoms with Gasteiger partial charge in [-0.05, 0) is 18.7 Å². The molecule has 1 rings (SSSR count). The van der Waals surface area contributed by atoms with Crippen LogP contribution in [0, 0.1) is 11.3 Å². The lowest BCUT2D eigenvalue weighted by Crippen LogP contribution is -2.18. The summed E-state index contributed by atoms with van der Waals surface area (Å²) in [5, 5.41) is 9.05. The Bertz CT molecular complexity index is 357. The van der Waals surface area contributed by atoms with Crippen LogP contribution < -0.4 is 5.73 Å². The van der Waals surface area contributed by atoms with Gasteiger partial charge in [-0.15, -0.1) is 0 Å². The van der Waals surface area contributed by atoms with Crippen LogP contribution >= 0.6 is 11.6 Å². The fourth-order valence-corrected chi connectivity index (χ4v) is 1.38. The van der Waals surface area contributed by atoms with E-state index in [1.54, 1.807) is 6.07 Å². The third-order valence-corrected chi connectivity index (χ3v) is 2.25. The molecule has 0 spiro atoms. The highest BCUT2D eigenvalue weighted by Gasteiger charge is 2.05. The summed E-state index contributed by atoms with van der Waals surface area (Å²) in [7, 11) is 1.86. The number of benzene rings is 1. The first kappa shape index (κ1) is 10.8. The topological polar surface area (TPSA) is 53.0 Å². The maximum atomic E-state index is 8.49. The van der Waals surface area contributed by atoms with E-state index < -0.39 is 0 Å². The van der Waals surface area contributed by atoms with Gasteiger partial charge in [-0.2, -0.15) is 5.26 Å². The zero-order chi connectivity index (χ0) is 10.6. The van der Waals surface area contributed by atoms with Crippen molar-refractivity contribution in [3.63, 3.8) is 0 Å². The largest absolute Gasteiger partial charge is 0.397 e. The fourth-order valence-electron chi connectivity index (χ4n) is 1.19.